The summed E-state index contributed by atoms with van der Waals surface area (Å²) in [5.41, 5.74) is 6.92. The van der Waals surface area contributed by atoms with Crippen molar-refractivity contribution >= 4 is 5.91 Å². The fourth-order valence-electron chi connectivity index (χ4n) is 1.34. The lowest BCUT2D eigenvalue weighted by Gasteiger charge is -2.19. The van der Waals surface area contributed by atoms with Gasteiger partial charge in [-0.1, -0.05) is 13.0 Å². The largest absolute Gasteiger partial charge is 0.348 e. The van der Waals surface area contributed by atoms with Crippen molar-refractivity contribution in [1.29, 1.82) is 0 Å². The molecule has 0 aliphatic carbocycles. The molecule has 0 radical (unpaired) electrons. The second-order valence-corrected chi connectivity index (χ2v) is 4.14. The number of hydrogen-bond acceptors (Lipinski definition) is 3. The normalized spacial score (nSPS) is 14.2. The molecule has 0 fully saturated rings. The van der Waals surface area contributed by atoms with Gasteiger partial charge < -0.3 is 11.1 Å². The lowest BCUT2D eigenvalue weighted by molar-refractivity contribution is 0.0924. The third-order valence-electron chi connectivity index (χ3n) is 2.81. The van der Waals surface area contributed by atoms with Crippen molar-refractivity contribution in [1.82, 2.24) is 10.3 Å². The smallest absolute Gasteiger partial charge is 0.270 e. The van der Waals surface area contributed by atoms with Gasteiger partial charge in [0.25, 0.3) is 5.91 Å². The van der Waals surface area contributed by atoms with Gasteiger partial charge in [0.05, 0.1) is 0 Å². The van der Waals surface area contributed by atoms with E-state index in [1.807, 2.05) is 32.9 Å². The van der Waals surface area contributed by atoms with Crippen LogP contribution in [0.1, 0.15) is 29.9 Å². The predicted molar refractivity (Wildman–Crippen MR) is 64.1 cm³/mol. The zero-order valence-electron chi connectivity index (χ0n) is 10.0. The lowest BCUT2D eigenvalue weighted by atomic mass is 10.0. The van der Waals surface area contributed by atoms with Crippen LogP contribution in [0.3, 0.4) is 0 Å². The Morgan fingerprint density at radius 1 is 1.56 bits per heavy atom. The summed E-state index contributed by atoms with van der Waals surface area (Å²) in [6.45, 7) is 6.39. The van der Waals surface area contributed by atoms with E-state index in [-0.39, 0.29) is 17.9 Å². The summed E-state index contributed by atoms with van der Waals surface area (Å²) in [5, 5.41) is 2.91. The Balaban J connectivity index is 2.70. The fourth-order valence-corrected chi connectivity index (χ4v) is 1.34. The highest BCUT2D eigenvalue weighted by Crippen LogP contribution is 2.05. The number of hydrogen-bond donors (Lipinski definition) is 2. The van der Waals surface area contributed by atoms with E-state index in [1.54, 1.807) is 6.20 Å². The molecule has 1 heterocycles. The van der Waals surface area contributed by atoms with Crippen LogP contribution in [0.4, 0.5) is 0 Å². The van der Waals surface area contributed by atoms with Gasteiger partial charge in [0, 0.05) is 12.2 Å². The molecule has 3 N–H and O–H groups in total. The van der Waals surface area contributed by atoms with Gasteiger partial charge in [0.1, 0.15) is 5.69 Å². The summed E-state index contributed by atoms with van der Waals surface area (Å²) in [7, 11) is 0. The molecule has 2 atom stereocenters. The number of carbonyl (C=O) groups is 1. The van der Waals surface area contributed by atoms with E-state index in [0.717, 1.165) is 5.56 Å². The van der Waals surface area contributed by atoms with Crippen LogP contribution in [0.5, 0.6) is 0 Å². The van der Waals surface area contributed by atoms with E-state index >= 15 is 0 Å². The second kappa shape index (κ2) is 5.61. The van der Waals surface area contributed by atoms with Gasteiger partial charge in [-0.15, -0.1) is 0 Å². The van der Waals surface area contributed by atoms with Gasteiger partial charge >= 0.3 is 0 Å². The fraction of sp³-hybridized carbons (Fsp3) is 0.500. The number of aryl methyl sites for hydroxylation is 1. The molecule has 1 aromatic rings. The first-order valence-electron chi connectivity index (χ1n) is 5.48. The lowest BCUT2D eigenvalue weighted by Crippen LogP contribution is -2.40. The Morgan fingerprint density at radius 3 is 2.81 bits per heavy atom. The van der Waals surface area contributed by atoms with Gasteiger partial charge in [-0.3, -0.25) is 9.78 Å². The minimum Gasteiger partial charge on any atom is -0.348 e. The maximum absolute atomic E-state index is 11.9. The van der Waals surface area contributed by atoms with E-state index in [9.17, 15) is 4.79 Å². The standard InChI is InChI=1S/C12H19N3O/c1-8-5-4-6-14-11(8)12(16)15-10(3)9(2)7-13/h4-6,9-10H,7,13H2,1-3H3,(H,15,16). The summed E-state index contributed by atoms with van der Waals surface area (Å²) >= 11 is 0. The number of aromatic nitrogens is 1. The molecule has 2 unspecified atom stereocenters. The first-order chi connectivity index (χ1) is 7.56. The Bertz CT molecular complexity index is 365. The minimum atomic E-state index is -0.133. The molecule has 0 aromatic carbocycles. The molecule has 0 aliphatic rings. The van der Waals surface area contributed by atoms with Crippen molar-refractivity contribution in [2.45, 2.75) is 26.8 Å². The maximum atomic E-state index is 11.9. The molecule has 0 saturated carbocycles. The molecule has 16 heavy (non-hydrogen) atoms. The summed E-state index contributed by atoms with van der Waals surface area (Å²) in [6.07, 6.45) is 1.62. The molecule has 0 bridgehead atoms. The van der Waals surface area contributed by atoms with Crippen LogP contribution < -0.4 is 11.1 Å². The SMILES string of the molecule is Cc1cccnc1C(=O)NC(C)C(C)CN. The predicted octanol–water partition coefficient (Wildman–Crippen LogP) is 1.10. The maximum Gasteiger partial charge on any atom is 0.270 e. The topological polar surface area (TPSA) is 68.0 Å². The van der Waals surface area contributed by atoms with Crippen molar-refractivity contribution in [2.24, 2.45) is 11.7 Å². The molecule has 1 rings (SSSR count). The minimum absolute atomic E-state index is 0.0545. The quantitative estimate of drug-likeness (QED) is 0.800. The summed E-state index contributed by atoms with van der Waals surface area (Å²) in [5.74, 6) is 0.124. The zero-order chi connectivity index (χ0) is 12.1. The van der Waals surface area contributed by atoms with E-state index in [4.69, 9.17) is 5.73 Å². The summed E-state index contributed by atoms with van der Waals surface area (Å²) < 4.78 is 0. The molecule has 0 saturated heterocycles. The van der Waals surface area contributed by atoms with Crippen LogP contribution in [0.15, 0.2) is 18.3 Å². The first kappa shape index (κ1) is 12.6. The molecule has 4 heteroatoms. The van der Waals surface area contributed by atoms with Crippen LogP contribution in [-0.2, 0) is 0 Å². The highest BCUT2D eigenvalue weighted by molar-refractivity contribution is 5.93. The molecular formula is C12H19N3O. The molecule has 0 aliphatic heterocycles. The average molecular weight is 221 g/mol. The van der Waals surface area contributed by atoms with Crippen LogP contribution in [0, 0.1) is 12.8 Å². The molecule has 0 spiro atoms. The van der Waals surface area contributed by atoms with Crippen molar-refractivity contribution < 1.29 is 4.79 Å². The van der Waals surface area contributed by atoms with Gasteiger partial charge in [0.15, 0.2) is 0 Å². The Labute approximate surface area is 96.3 Å². The highest BCUT2D eigenvalue weighted by atomic mass is 16.1. The molecular weight excluding hydrogens is 202 g/mol. The van der Waals surface area contributed by atoms with Gasteiger partial charge in [-0.25, -0.2) is 0 Å². The third-order valence-corrected chi connectivity index (χ3v) is 2.81. The van der Waals surface area contributed by atoms with Gasteiger partial charge in [0.2, 0.25) is 0 Å². The Hall–Kier alpha value is -1.42. The molecule has 4 nitrogen and oxygen atoms in total. The van der Waals surface area contributed by atoms with Crippen molar-refractivity contribution in [3.05, 3.63) is 29.6 Å². The molecule has 88 valence electrons. The number of rotatable bonds is 4. The monoisotopic (exact) mass is 221 g/mol. The highest BCUT2D eigenvalue weighted by Gasteiger charge is 2.16. The molecule has 1 amide bonds. The summed E-state index contributed by atoms with van der Waals surface area (Å²) in [6, 6.07) is 3.75. The van der Waals surface area contributed by atoms with E-state index in [0.29, 0.717) is 12.2 Å². The van der Waals surface area contributed by atoms with Crippen molar-refractivity contribution in [3.8, 4) is 0 Å². The Kier molecular flexibility index (Phi) is 4.43. The van der Waals surface area contributed by atoms with Gasteiger partial charge in [-0.05, 0) is 37.9 Å². The van der Waals surface area contributed by atoms with Crippen LogP contribution in [0.25, 0.3) is 0 Å². The zero-order valence-corrected chi connectivity index (χ0v) is 10.0. The first-order valence-corrected chi connectivity index (χ1v) is 5.48. The van der Waals surface area contributed by atoms with E-state index < -0.39 is 0 Å². The van der Waals surface area contributed by atoms with Crippen LogP contribution in [0.2, 0.25) is 0 Å². The van der Waals surface area contributed by atoms with E-state index in [2.05, 4.69) is 10.3 Å². The van der Waals surface area contributed by atoms with Crippen LogP contribution >= 0.6 is 0 Å². The number of nitrogens with zero attached hydrogens (tertiary/aromatic N) is 1. The third kappa shape index (κ3) is 3.03. The van der Waals surface area contributed by atoms with Crippen LogP contribution in [-0.4, -0.2) is 23.5 Å². The number of nitrogens with one attached hydrogen (secondary N) is 1. The van der Waals surface area contributed by atoms with E-state index in [1.165, 1.54) is 0 Å². The number of nitrogens with two attached hydrogens (primary N) is 1. The second-order valence-electron chi connectivity index (χ2n) is 4.14. The average Bonchev–Trinajstić information content (AvgIpc) is 2.28. The Morgan fingerprint density at radius 2 is 2.25 bits per heavy atom. The molecule has 1 aromatic heterocycles. The number of carbonyl (C=O) groups excluding carboxylic acids is 1. The number of pyridine rings is 1. The number of amides is 1. The summed E-state index contributed by atoms with van der Waals surface area (Å²) in [4.78, 5) is 16.0. The van der Waals surface area contributed by atoms with Gasteiger partial charge in [-0.2, -0.15) is 0 Å². The van der Waals surface area contributed by atoms with Crippen molar-refractivity contribution in [2.75, 3.05) is 6.54 Å². The van der Waals surface area contributed by atoms with Crippen molar-refractivity contribution in [3.63, 3.8) is 0 Å².